The van der Waals surface area contributed by atoms with Crippen LogP contribution < -0.4 is 0 Å². The van der Waals surface area contributed by atoms with E-state index in [1.165, 1.54) is 19.0 Å². The topological polar surface area (TPSA) is 66.8 Å². The van der Waals surface area contributed by atoms with Crippen LogP contribution in [0.3, 0.4) is 0 Å². The van der Waals surface area contributed by atoms with Crippen LogP contribution >= 0.6 is 11.6 Å². The van der Waals surface area contributed by atoms with E-state index < -0.39 is 13.0 Å². The van der Waals surface area contributed by atoms with Gasteiger partial charge in [-0.2, -0.15) is 0 Å². The van der Waals surface area contributed by atoms with Crippen LogP contribution in [0, 0.1) is 17.7 Å². The first-order valence-corrected chi connectivity index (χ1v) is 10.9. The number of hydrogen-bond donors (Lipinski definition) is 1. The van der Waals surface area contributed by atoms with Gasteiger partial charge in [0, 0.05) is 23.2 Å². The van der Waals surface area contributed by atoms with Crippen LogP contribution in [0.25, 0.3) is 11.1 Å². The third kappa shape index (κ3) is 5.49. The highest BCUT2D eigenvalue weighted by atomic mass is 35.5. The predicted octanol–water partition coefficient (Wildman–Crippen LogP) is 3.38. The molecule has 9 heteroatoms. The number of carbonyl (C=O) groups excluding carboxylic acids is 2. The van der Waals surface area contributed by atoms with Gasteiger partial charge in [0.25, 0.3) is 0 Å². The molecule has 5 nitrogen and oxygen atoms in total. The van der Waals surface area contributed by atoms with E-state index in [0.717, 1.165) is 11.7 Å². The Labute approximate surface area is 193 Å². The maximum Gasteiger partial charge on any atom is 0.450 e. The quantitative estimate of drug-likeness (QED) is 0.339. The molecule has 0 bridgehead atoms. The largest absolute Gasteiger partial charge is 0.450 e. The van der Waals surface area contributed by atoms with E-state index in [1.54, 1.807) is 17.0 Å². The predicted molar refractivity (Wildman–Crippen MR) is 127 cm³/mol. The molecule has 2 aromatic rings. The monoisotopic (exact) mass is 455 g/mol. The lowest BCUT2D eigenvalue weighted by Crippen LogP contribution is -2.40. The molecule has 3 atom stereocenters. The minimum atomic E-state index is -0.981. The van der Waals surface area contributed by atoms with E-state index in [1.807, 2.05) is 24.3 Å². The van der Waals surface area contributed by atoms with Crippen molar-refractivity contribution in [3.8, 4) is 11.1 Å². The van der Waals surface area contributed by atoms with Crippen LogP contribution in [0.4, 0.5) is 4.39 Å². The molecule has 2 unspecified atom stereocenters. The molecule has 0 aromatic heterocycles. The SMILES string of the molecule is C=CCC1C(COB(C)O)C(=O)N(BC=O)[C@@H]1Cc1ccc(-c2cc(Cl)ccc2F)cc1. The second kappa shape index (κ2) is 10.9. The van der Waals surface area contributed by atoms with Crippen molar-refractivity contribution in [1.29, 1.82) is 0 Å². The van der Waals surface area contributed by atoms with E-state index in [4.69, 9.17) is 16.3 Å². The van der Waals surface area contributed by atoms with E-state index in [9.17, 15) is 19.0 Å². The Kier molecular flexibility index (Phi) is 8.29. The van der Waals surface area contributed by atoms with Gasteiger partial charge < -0.3 is 19.3 Å². The van der Waals surface area contributed by atoms with Gasteiger partial charge in [0.05, 0.1) is 5.92 Å². The summed E-state index contributed by atoms with van der Waals surface area (Å²) in [7, 11) is -0.987. The molecule has 2 aromatic carbocycles. The Morgan fingerprint density at radius 2 is 2.03 bits per heavy atom. The number of nitrogens with zero attached hydrogens (tertiary/aromatic N) is 1. The fourth-order valence-electron chi connectivity index (χ4n) is 4.36. The summed E-state index contributed by atoms with van der Waals surface area (Å²) in [5.41, 5.74) is 2.07. The van der Waals surface area contributed by atoms with Crippen molar-refractivity contribution in [1.82, 2.24) is 4.81 Å². The number of rotatable bonds is 10. The highest BCUT2D eigenvalue weighted by Gasteiger charge is 2.46. The highest BCUT2D eigenvalue weighted by Crippen LogP contribution is 2.36. The molecule has 1 saturated heterocycles. The molecule has 0 aliphatic carbocycles. The molecule has 1 N–H and O–H groups in total. The van der Waals surface area contributed by atoms with E-state index in [0.29, 0.717) is 29.0 Å². The first-order valence-electron chi connectivity index (χ1n) is 10.5. The number of halogens is 2. The molecule has 1 fully saturated rings. The summed E-state index contributed by atoms with van der Waals surface area (Å²) in [6, 6.07) is 11.6. The Balaban J connectivity index is 1.85. The lowest BCUT2D eigenvalue weighted by molar-refractivity contribution is -0.128. The zero-order valence-corrected chi connectivity index (χ0v) is 18.7. The fraction of sp³-hybridized carbons (Fsp3) is 0.304. The lowest BCUT2D eigenvalue weighted by atomic mass is 9.83. The molecule has 1 aliphatic heterocycles. The Morgan fingerprint density at radius 1 is 1.31 bits per heavy atom. The number of carbonyl (C=O) groups is 2. The Hall–Kier alpha value is -2.41. The Bertz CT molecular complexity index is 973. The number of hydrogen-bond acceptors (Lipinski definition) is 4. The molecule has 32 heavy (non-hydrogen) atoms. The molecule has 3 rings (SSSR count). The van der Waals surface area contributed by atoms with Gasteiger partial charge in [0.1, 0.15) is 12.0 Å². The molecule has 1 aliphatic rings. The van der Waals surface area contributed by atoms with Gasteiger partial charge in [-0.15, -0.1) is 6.58 Å². The second-order valence-electron chi connectivity index (χ2n) is 7.98. The summed E-state index contributed by atoms with van der Waals surface area (Å²) in [5, 5.41) is 9.94. The zero-order valence-electron chi connectivity index (χ0n) is 17.9. The summed E-state index contributed by atoms with van der Waals surface area (Å²) in [5.74, 6) is -1.09. The van der Waals surface area contributed by atoms with Gasteiger partial charge in [-0.05, 0) is 54.9 Å². The molecule has 0 spiro atoms. The van der Waals surface area contributed by atoms with Crippen LogP contribution in [0.5, 0.6) is 0 Å². The average Bonchev–Trinajstić information content (AvgIpc) is 3.00. The summed E-state index contributed by atoms with van der Waals surface area (Å²) in [4.78, 5) is 25.9. The van der Waals surface area contributed by atoms with Crippen molar-refractivity contribution < 1.29 is 23.7 Å². The van der Waals surface area contributed by atoms with Crippen LogP contribution in [0.1, 0.15) is 12.0 Å². The average molecular weight is 456 g/mol. The molecule has 1 heterocycles. The summed E-state index contributed by atoms with van der Waals surface area (Å²) < 4.78 is 19.5. The molecule has 1 amide bonds. The van der Waals surface area contributed by atoms with E-state index in [-0.39, 0.29) is 37.7 Å². The standard InChI is InChI=1S/C23H25B2ClFNO4/c1-3-4-18-20(13-32-25(2)31)23(30)28(24-14-29)22(18)11-15-5-7-16(8-6-15)19-12-17(26)9-10-21(19)27/h3,5-10,12,14,18,20,22,24,31H,1,4,11,13H2,2H3/t18?,20?,22-/m1/s1. The van der Waals surface area contributed by atoms with Gasteiger partial charge >= 0.3 is 14.5 Å². The number of allylic oxidation sites excluding steroid dienone is 1. The molecule has 0 saturated carbocycles. The minimum absolute atomic E-state index is 0.00582. The number of benzene rings is 2. The summed E-state index contributed by atoms with van der Waals surface area (Å²) >= 11 is 6.01. The number of amides is 1. The maximum absolute atomic E-state index is 14.2. The third-order valence-electron chi connectivity index (χ3n) is 5.88. The van der Waals surface area contributed by atoms with Crippen molar-refractivity contribution in [3.63, 3.8) is 0 Å². The molecule has 0 radical (unpaired) electrons. The van der Waals surface area contributed by atoms with Crippen LogP contribution in [-0.2, 0) is 20.7 Å². The van der Waals surface area contributed by atoms with Gasteiger partial charge in [-0.25, -0.2) is 4.39 Å². The van der Waals surface area contributed by atoms with Gasteiger partial charge in [0.15, 0.2) is 0 Å². The van der Waals surface area contributed by atoms with Crippen molar-refractivity contribution in [2.75, 3.05) is 6.61 Å². The maximum atomic E-state index is 14.2. The normalized spacial score (nSPS) is 20.3. The smallest absolute Gasteiger partial charge is 0.427 e. The molecular weight excluding hydrogens is 430 g/mol. The van der Waals surface area contributed by atoms with Crippen molar-refractivity contribution in [3.05, 3.63) is 71.5 Å². The minimum Gasteiger partial charge on any atom is -0.427 e. The third-order valence-corrected chi connectivity index (χ3v) is 6.11. The van der Waals surface area contributed by atoms with Gasteiger partial charge in [-0.1, -0.05) is 41.9 Å². The van der Waals surface area contributed by atoms with Gasteiger partial charge in [0.2, 0.25) is 5.91 Å². The van der Waals surface area contributed by atoms with Crippen LogP contribution in [0.15, 0.2) is 55.1 Å². The van der Waals surface area contributed by atoms with E-state index in [2.05, 4.69) is 6.58 Å². The second-order valence-corrected chi connectivity index (χ2v) is 8.41. The van der Waals surface area contributed by atoms with Crippen molar-refractivity contribution >= 4 is 38.2 Å². The molecular formula is C23H25B2ClFNO4. The van der Waals surface area contributed by atoms with Gasteiger partial charge in [-0.3, -0.25) is 4.79 Å². The lowest BCUT2D eigenvalue weighted by Gasteiger charge is -2.27. The summed E-state index contributed by atoms with van der Waals surface area (Å²) in [6.07, 6.45) is 3.58. The zero-order chi connectivity index (χ0) is 23.3. The summed E-state index contributed by atoms with van der Waals surface area (Å²) in [6.45, 7) is 5.39. The molecule has 166 valence electrons. The van der Waals surface area contributed by atoms with E-state index >= 15 is 0 Å². The first kappa shape index (κ1) is 24.2. The van der Waals surface area contributed by atoms with Crippen molar-refractivity contribution in [2.24, 2.45) is 11.8 Å². The van der Waals surface area contributed by atoms with Crippen molar-refractivity contribution in [2.45, 2.75) is 25.7 Å². The van der Waals surface area contributed by atoms with Crippen LogP contribution in [-0.4, -0.2) is 49.1 Å². The highest BCUT2D eigenvalue weighted by molar-refractivity contribution is 6.66. The fourth-order valence-corrected chi connectivity index (χ4v) is 4.53. The first-order chi connectivity index (χ1) is 15.3. The Morgan fingerprint density at radius 3 is 2.66 bits per heavy atom. The van der Waals surface area contributed by atoms with Crippen LogP contribution in [0.2, 0.25) is 11.8 Å².